The largest absolute Gasteiger partial charge is 0.326 e. The molecular weight excluding hydrogens is 388 g/mol. The average molecular weight is 411 g/mol. The van der Waals surface area contributed by atoms with E-state index in [1.54, 1.807) is 0 Å². The second-order valence-electron chi connectivity index (χ2n) is 7.71. The minimum Gasteiger partial charge on any atom is -0.305 e. The molecule has 0 radical (unpaired) electrons. The van der Waals surface area contributed by atoms with E-state index >= 15 is 0 Å². The van der Waals surface area contributed by atoms with Gasteiger partial charge in [0, 0.05) is 30.7 Å². The number of hydrogen-bond acceptors (Lipinski definition) is 4. The van der Waals surface area contributed by atoms with Crippen LogP contribution in [-0.4, -0.2) is 34.1 Å². The molecule has 6 nitrogen and oxygen atoms in total. The van der Waals surface area contributed by atoms with Crippen LogP contribution in [-0.2, 0) is 4.84 Å². The molecule has 0 bridgehead atoms. The van der Waals surface area contributed by atoms with Crippen molar-refractivity contribution in [2.24, 2.45) is 0 Å². The van der Waals surface area contributed by atoms with Gasteiger partial charge < -0.3 is 4.98 Å². The van der Waals surface area contributed by atoms with E-state index in [9.17, 15) is 4.79 Å². The van der Waals surface area contributed by atoms with Crippen LogP contribution in [0.25, 0.3) is 11.0 Å². The number of hydroxylamine groups is 1. The molecule has 3 heterocycles. The van der Waals surface area contributed by atoms with E-state index in [2.05, 4.69) is 33.6 Å². The summed E-state index contributed by atoms with van der Waals surface area (Å²) in [7, 11) is 0. The number of piperidine rings is 1. The fraction of sp³-hybridized carbons (Fsp3) is 0.318. The zero-order chi connectivity index (χ0) is 19.8. The quantitative estimate of drug-likeness (QED) is 0.687. The van der Waals surface area contributed by atoms with Crippen molar-refractivity contribution in [3.8, 4) is 0 Å². The van der Waals surface area contributed by atoms with Gasteiger partial charge in [-0.1, -0.05) is 41.9 Å². The van der Waals surface area contributed by atoms with E-state index in [0.29, 0.717) is 5.02 Å². The highest BCUT2D eigenvalue weighted by molar-refractivity contribution is 6.31. The minimum absolute atomic E-state index is 0.0413. The summed E-state index contributed by atoms with van der Waals surface area (Å²) in [6, 6.07) is 16.0. The van der Waals surface area contributed by atoms with Crippen LogP contribution in [0.5, 0.6) is 0 Å². The van der Waals surface area contributed by atoms with Crippen molar-refractivity contribution in [1.82, 2.24) is 19.9 Å². The first-order chi connectivity index (χ1) is 14.2. The summed E-state index contributed by atoms with van der Waals surface area (Å²) in [6.45, 7) is 2.70. The Labute approximate surface area is 173 Å². The van der Waals surface area contributed by atoms with Crippen LogP contribution in [0.15, 0.2) is 65.1 Å². The first kappa shape index (κ1) is 18.5. The standard InChI is InChI=1S/C22H23ClN4O2/c23-16-6-7-20-19(12-16)24-22(28)27(20)18-8-10-26(11-9-18)14-17-13-21(29-25-17)15-4-2-1-3-5-15/h1-7,12-13,18,21,25H,8-11,14H2,(H,24,28). The number of rotatable bonds is 4. The van der Waals surface area contributed by atoms with E-state index in [1.807, 2.05) is 41.0 Å². The summed E-state index contributed by atoms with van der Waals surface area (Å²) in [6.07, 6.45) is 3.98. The Morgan fingerprint density at radius 2 is 1.90 bits per heavy atom. The number of aromatic amines is 1. The Hall–Kier alpha value is -2.54. The summed E-state index contributed by atoms with van der Waals surface area (Å²) in [5, 5.41) is 0.633. The molecule has 1 fully saturated rings. The fourth-order valence-electron chi connectivity index (χ4n) is 4.32. The van der Waals surface area contributed by atoms with Crippen LogP contribution in [0.2, 0.25) is 5.02 Å². The molecule has 1 aromatic heterocycles. The first-order valence-electron chi connectivity index (χ1n) is 9.97. The summed E-state index contributed by atoms with van der Waals surface area (Å²) in [5.41, 5.74) is 6.99. The summed E-state index contributed by atoms with van der Waals surface area (Å²) < 4.78 is 1.89. The van der Waals surface area contributed by atoms with Crippen molar-refractivity contribution in [3.63, 3.8) is 0 Å². The zero-order valence-electron chi connectivity index (χ0n) is 16.0. The third kappa shape index (κ3) is 3.71. The third-order valence-corrected chi connectivity index (χ3v) is 6.03. The second-order valence-corrected chi connectivity index (χ2v) is 8.15. The number of nitrogens with zero attached hydrogens (tertiary/aromatic N) is 2. The van der Waals surface area contributed by atoms with Gasteiger partial charge >= 0.3 is 5.69 Å². The number of hydrogen-bond donors (Lipinski definition) is 2. The zero-order valence-corrected chi connectivity index (χ0v) is 16.7. The molecule has 3 aromatic rings. The number of H-pyrrole nitrogens is 1. The minimum atomic E-state index is -0.0556. The maximum absolute atomic E-state index is 12.5. The molecule has 0 amide bonds. The van der Waals surface area contributed by atoms with Crippen molar-refractivity contribution in [1.29, 1.82) is 0 Å². The molecule has 1 unspecified atom stereocenters. The monoisotopic (exact) mass is 410 g/mol. The van der Waals surface area contributed by atoms with Crippen LogP contribution in [0, 0.1) is 0 Å². The van der Waals surface area contributed by atoms with Crippen LogP contribution >= 0.6 is 11.6 Å². The molecule has 7 heteroatoms. The highest BCUT2D eigenvalue weighted by Crippen LogP contribution is 2.28. The molecule has 5 rings (SSSR count). The Bertz CT molecular complexity index is 1100. The van der Waals surface area contributed by atoms with Crippen molar-refractivity contribution in [2.75, 3.05) is 19.6 Å². The van der Waals surface area contributed by atoms with Crippen LogP contribution < -0.4 is 11.2 Å². The fourth-order valence-corrected chi connectivity index (χ4v) is 4.50. The van der Waals surface area contributed by atoms with E-state index in [-0.39, 0.29) is 17.8 Å². The SMILES string of the molecule is O=c1[nH]c2cc(Cl)ccc2n1C1CCN(CC2=CC(c3ccccc3)ON2)CC1. The number of fused-ring (bicyclic) bond motifs is 1. The molecule has 29 heavy (non-hydrogen) atoms. The molecule has 2 N–H and O–H groups in total. The lowest BCUT2D eigenvalue weighted by Gasteiger charge is -2.32. The average Bonchev–Trinajstić information content (AvgIpc) is 3.33. The van der Waals surface area contributed by atoms with E-state index in [1.165, 1.54) is 0 Å². The van der Waals surface area contributed by atoms with Gasteiger partial charge in [0.15, 0.2) is 0 Å². The van der Waals surface area contributed by atoms with Crippen molar-refractivity contribution in [3.05, 3.63) is 81.4 Å². The van der Waals surface area contributed by atoms with Crippen LogP contribution in [0.1, 0.15) is 30.6 Å². The van der Waals surface area contributed by atoms with Gasteiger partial charge in [-0.25, -0.2) is 4.79 Å². The summed E-state index contributed by atoms with van der Waals surface area (Å²) in [5.74, 6) is 0. The molecule has 150 valence electrons. The normalized spacial score (nSPS) is 20.7. The maximum Gasteiger partial charge on any atom is 0.326 e. The van der Waals surface area contributed by atoms with Gasteiger partial charge in [0.2, 0.25) is 0 Å². The van der Waals surface area contributed by atoms with Gasteiger partial charge in [-0.05, 0) is 42.7 Å². The number of nitrogens with one attached hydrogen (secondary N) is 2. The van der Waals surface area contributed by atoms with Gasteiger partial charge in [0.05, 0.1) is 16.7 Å². The number of halogens is 1. The molecule has 0 aliphatic carbocycles. The van der Waals surface area contributed by atoms with E-state index < -0.39 is 0 Å². The highest BCUT2D eigenvalue weighted by atomic mass is 35.5. The lowest BCUT2D eigenvalue weighted by Crippen LogP contribution is -2.38. The van der Waals surface area contributed by atoms with Gasteiger partial charge in [0.25, 0.3) is 0 Å². The molecule has 0 spiro atoms. The Balaban J connectivity index is 1.24. The highest BCUT2D eigenvalue weighted by Gasteiger charge is 2.26. The second kappa shape index (κ2) is 7.71. The molecule has 2 aliphatic rings. The molecule has 1 atom stereocenters. The lowest BCUT2D eigenvalue weighted by atomic mass is 10.0. The Morgan fingerprint density at radius 3 is 2.69 bits per heavy atom. The summed E-state index contributed by atoms with van der Waals surface area (Å²) >= 11 is 6.06. The van der Waals surface area contributed by atoms with Gasteiger partial charge in [-0.3, -0.25) is 19.8 Å². The van der Waals surface area contributed by atoms with E-state index in [0.717, 1.165) is 54.8 Å². The van der Waals surface area contributed by atoms with Gasteiger partial charge in [-0.2, -0.15) is 0 Å². The number of benzene rings is 2. The molecule has 2 aliphatic heterocycles. The number of likely N-dealkylation sites (tertiary alicyclic amines) is 1. The van der Waals surface area contributed by atoms with Crippen molar-refractivity contribution < 1.29 is 4.84 Å². The van der Waals surface area contributed by atoms with Gasteiger partial charge in [-0.15, -0.1) is 0 Å². The molecule has 1 saturated heterocycles. The van der Waals surface area contributed by atoms with Crippen LogP contribution in [0.4, 0.5) is 0 Å². The smallest absolute Gasteiger partial charge is 0.305 e. The lowest BCUT2D eigenvalue weighted by molar-refractivity contribution is 0.0381. The third-order valence-electron chi connectivity index (χ3n) is 5.79. The number of imidazole rings is 1. The first-order valence-corrected chi connectivity index (χ1v) is 10.3. The maximum atomic E-state index is 12.5. The molecule has 0 saturated carbocycles. The summed E-state index contributed by atoms with van der Waals surface area (Å²) in [4.78, 5) is 23.5. The van der Waals surface area contributed by atoms with Crippen molar-refractivity contribution >= 4 is 22.6 Å². The number of aromatic nitrogens is 2. The van der Waals surface area contributed by atoms with Crippen LogP contribution in [0.3, 0.4) is 0 Å². The predicted octanol–water partition coefficient (Wildman–Crippen LogP) is 3.78. The Morgan fingerprint density at radius 1 is 1.10 bits per heavy atom. The molecular formula is C22H23ClN4O2. The topological polar surface area (TPSA) is 62.3 Å². The predicted molar refractivity (Wildman–Crippen MR) is 114 cm³/mol. The van der Waals surface area contributed by atoms with E-state index in [4.69, 9.17) is 16.4 Å². The molecule has 2 aromatic carbocycles. The van der Waals surface area contributed by atoms with Crippen molar-refractivity contribution in [2.45, 2.75) is 25.0 Å². The Kier molecular flexibility index (Phi) is 4.91. The van der Waals surface area contributed by atoms with Gasteiger partial charge in [0.1, 0.15) is 6.10 Å².